The van der Waals surface area contributed by atoms with Gasteiger partial charge in [0.2, 0.25) is 0 Å². The van der Waals surface area contributed by atoms with E-state index in [-0.39, 0.29) is 12.0 Å². The van der Waals surface area contributed by atoms with E-state index in [1.165, 1.54) is 0 Å². The number of nitrogens with zero attached hydrogens (tertiary/aromatic N) is 2. The molecule has 2 heterocycles. The van der Waals surface area contributed by atoms with Crippen LogP contribution in [0.2, 0.25) is 10.0 Å². The largest absolute Gasteiger partial charge is 0.478 e. The number of carbonyl (C=O) groups excluding carboxylic acids is 2. The Kier molecular flexibility index (Phi) is 6.00. The quantitative estimate of drug-likeness (QED) is 0.729. The third-order valence-electron chi connectivity index (χ3n) is 5.05. The zero-order chi connectivity index (χ0) is 22.3. The van der Waals surface area contributed by atoms with Crippen molar-refractivity contribution >= 4 is 41.0 Å². The highest BCUT2D eigenvalue weighted by molar-refractivity contribution is 6.35. The normalized spacial score (nSPS) is 18.8. The lowest BCUT2D eigenvalue weighted by Crippen LogP contribution is -2.52. The fourth-order valence-corrected chi connectivity index (χ4v) is 3.85. The molecule has 1 fully saturated rings. The zero-order valence-corrected chi connectivity index (χ0v) is 19.4. The highest BCUT2D eigenvalue weighted by Gasteiger charge is 2.49. The zero-order valence-electron chi connectivity index (χ0n) is 17.8. The van der Waals surface area contributed by atoms with Gasteiger partial charge in [-0.15, -0.1) is 0 Å². The summed E-state index contributed by atoms with van der Waals surface area (Å²) in [6.45, 7) is 9.88. The molecule has 0 atom stereocenters. The molecule has 1 aromatic rings. The first-order valence-corrected chi connectivity index (χ1v) is 10.6. The number of likely N-dealkylation sites (tertiary alicyclic amines) is 1. The van der Waals surface area contributed by atoms with E-state index in [2.05, 4.69) is 5.32 Å². The SMILES string of the molecule is CC(C)(C)OC(=O)N1CCC2(CC1)N=C(C(C)(C)Oc1ccc(Cl)cc1Cl)NC2=O. The van der Waals surface area contributed by atoms with Gasteiger partial charge in [0.1, 0.15) is 22.7 Å². The van der Waals surface area contributed by atoms with Crippen molar-refractivity contribution in [1.29, 1.82) is 0 Å². The summed E-state index contributed by atoms with van der Waals surface area (Å²) in [6, 6.07) is 4.96. The van der Waals surface area contributed by atoms with Gasteiger partial charge >= 0.3 is 6.09 Å². The van der Waals surface area contributed by atoms with E-state index >= 15 is 0 Å². The van der Waals surface area contributed by atoms with Crippen molar-refractivity contribution in [3.05, 3.63) is 28.2 Å². The lowest BCUT2D eigenvalue weighted by molar-refractivity contribution is -0.125. The number of amidine groups is 1. The van der Waals surface area contributed by atoms with Gasteiger partial charge in [0.15, 0.2) is 5.60 Å². The summed E-state index contributed by atoms with van der Waals surface area (Å²) >= 11 is 12.2. The van der Waals surface area contributed by atoms with Crippen LogP contribution in [0.5, 0.6) is 5.75 Å². The molecule has 0 radical (unpaired) electrons. The van der Waals surface area contributed by atoms with Gasteiger partial charge < -0.3 is 19.7 Å². The number of piperidine rings is 1. The number of amides is 2. The Morgan fingerprint density at radius 2 is 1.80 bits per heavy atom. The van der Waals surface area contributed by atoms with Crippen molar-refractivity contribution in [2.24, 2.45) is 4.99 Å². The number of aliphatic imine (C=N–C) groups is 1. The van der Waals surface area contributed by atoms with Crippen LogP contribution in [0.3, 0.4) is 0 Å². The van der Waals surface area contributed by atoms with Crippen LogP contribution in [-0.4, -0.2) is 52.6 Å². The van der Waals surface area contributed by atoms with Crippen LogP contribution in [0.1, 0.15) is 47.5 Å². The van der Waals surface area contributed by atoms with Gasteiger partial charge in [-0.25, -0.2) is 4.79 Å². The minimum atomic E-state index is -0.918. The van der Waals surface area contributed by atoms with Crippen LogP contribution < -0.4 is 10.1 Å². The number of ether oxygens (including phenoxy) is 2. The average molecular weight is 456 g/mol. The second-order valence-corrected chi connectivity index (χ2v) is 9.94. The van der Waals surface area contributed by atoms with E-state index < -0.39 is 16.7 Å². The summed E-state index contributed by atoms with van der Waals surface area (Å²) in [6.07, 6.45) is 0.458. The first-order chi connectivity index (χ1) is 13.8. The van der Waals surface area contributed by atoms with Crippen molar-refractivity contribution < 1.29 is 19.1 Å². The molecule has 2 aliphatic rings. The second kappa shape index (κ2) is 7.93. The Bertz CT molecular complexity index is 885. The molecule has 2 amide bonds. The molecule has 1 spiro atoms. The summed E-state index contributed by atoms with van der Waals surface area (Å²) in [7, 11) is 0. The van der Waals surface area contributed by atoms with Crippen LogP contribution in [0.15, 0.2) is 23.2 Å². The number of benzene rings is 1. The summed E-state index contributed by atoms with van der Waals surface area (Å²) in [5, 5.41) is 3.75. The Hall–Kier alpha value is -1.99. The third-order valence-corrected chi connectivity index (χ3v) is 5.58. The van der Waals surface area contributed by atoms with Gasteiger partial charge in [0, 0.05) is 18.1 Å². The van der Waals surface area contributed by atoms with Crippen LogP contribution >= 0.6 is 23.2 Å². The number of halogens is 2. The van der Waals surface area contributed by atoms with E-state index in [4.69, 9.17) is 37.7 Å². The van der Waals surface area contributed by atoms with Crippen LogP contribution in [0, 0.1) is 0 Å². The van der Waals surface area contributed by atoms with E-state index in [1.54, 1.807) is 23.1 Å². The first-order valence-electron chi connectivity index (χ1n) is 9.85. The Balaban J connectivity index is 1.72. The summed E-state index contributed by atoms with van der Waals surface area (Å²) in [5.74, 6) is 0.702. The maximum Gasteiger partial charge on any atom is 0.410 e. The van der Waals surface area contributed by atoms with Crippen LogP contribution in [0.25, 0.3) is 0 Å². The van der Waals surface area contributed by atoms with Crippen LogP contribution in [-0.2, 0) is 9.53 Å². The first kappa shape index (κ1) is 22.7. The molecule has 9 heteroatoms. The standard InChI is InChI=1S/C21H27Cl2N3O4/c1-19(2,3)30-18(28)26-10-8-21(9-11-26)17(27)24-16(25-21)20(4,5)29-15-7-6-13(22)12-14(15)23/h6-7,12H,8-11H2,1-5H3,(H,24,25,27). The maximum atomic E-state index is 12.8. The lowest BCUT2D eigenvalue weighted by atomic mass is 9.88. The van der Waals surface area contributed by atoms with E-state index in [1.807, 2.05) is 34.6 Å². The number of rotatable bonds is 3. The number of hydrogen-bond donors (Lipinski definition) is 1. The third kappa shape index (κ3) is 4.83. The van der Waals surface area contributed by atoms with E-state index in [0.29, 0.717) is 47.6 Å². The molecule has 2 aliphatic heterocycles. The minimum Gasteiger partial charge on any atom is -0.478 e. The molecule has 0 unspecified atom stereocenters. The molecule has 3 rings (SSSR count). The van der Waals surface area contributed by atoms with Gasteiger partial charge in [0.05, 0.1) is 5.02 Å². The smallest absolute Gasteiger partial charge is 0.410 e. The molecule has 0 bridgehead atoms. The molecule has 0 aliphatic carbocycles. The molecule has 1 aromatic carbocycles. The van der Waals surface area contributed by atoms with Crippen molar-refractivity contribution in [3.63, 3.8) is 0 Å². The van der Waals surface area contributed by atoms with Gasteiger partial charge in [-0.3, -0.25) is 9.79 Å². The van der Waals surface area contributed by atoms with Gasteiger partial charge in [0.25, 0.3) is 5.91 Å². The molecule has 1 N–H and O–H groups in total. The predicted molar refractivity (Wildman–Crippen MR) is 117 cm³/mol. The molecule has 30 heavy (non-hydrogen) atoms. The molecule has 0 aromatic heterocycles. The van der Waals surface area contributed by atoms with Crippen LogP contribution in [0.4, 0.5) is 4.79 Å². The molecular formula is C21H27Cl2N3O4. The van der Waals surface area contributed by atoms with Gasteiger partial charge in [-0.05, 0) is 65.7 Å². The molecule has 7 nitrogen and oxygen atoms in total. The van der Waals surface area contributed by atoms with Gasteiger partial charge in [-0.1, -0.05) is 23.2 Å². The predicted octanol–water partition coefficient (Wildman–Crippen LogP) is 4.45. The fraction of sp³-hybridized carbons (Fsp3) is 0.571. The van der Waals surface area contributed by atoms with Crippen molar-refractivity contribution in [2.45, 2.75) is 64.2 Å². The number of hydrogen-bond acceptors (Lipinski definition) is 5. The molecule has 1 saturated heterocycles. The van der Waals surface area contributed by atoms with E-state index in [0.717, 1.165) is 0 Å². The minimum absolute atomic E-state index is 0.180. The Labute approximate surface area is 186 Å². The van der Waals surface area contributed by atoms with Crippen molar-refractivity contribution in [1.82, 2.24) is 10.2 Å². The highest BCUT2D eigenvalue weighted by Crippen LogP contribution is 2.35. The highest BCUT2D eigenvalue weighted by atomic mass is 35.5. The fourth-order valence-electron chi connectivity index (χ4n) is 3.41. The van der Waals surface area contributed by atoms with Crippen molar-refractivity contribution in [2.75, 3.05) is 13.1 Å². The topological polar surface area (TPSA) is 80.2 Å². The number of nitrogens with one attached hydrogen (secondary N) is 1. The summed E-state index contributed by atoms with van der Waals surface area (Å²) < 4.78 is 11.5. The molecule has 0 saturated carbocycles. The summed E-state index contributed by atoms with van der Waals surface area (Å²) in [5.41, 5.74) is -2.39. The molecular weight excluding hydrogens is 429 g/mol. The number of carbonyl (C=O) groups is 2. The second-order valence-electron chi connectivity index (χ2n) is 9.10. The summed E-state index contributed by atoms with van der Waals surface area (Å²) in [4.78, 5) is 31.5. The van der Waals surface area contributed by atoms with Gasteiger partial charge in [-0.2, -0.15) is 0 Å². The van der Waals surface area contributed by atoms with Crippen molar-refractivity contribution in [3.8, 4) is 5.75 Å². The maximum absolute atomic E-state index is 12.8. The Morgan fingerprint density at radius 3 is 2.37 bits per heavy atom. The monoisotopic (exact) mass is 455 g/mol. The van der Waals surface area contributed by atoms with E-state index in [9.17, 15) is 9.59 Å². The molecule has 164 valence electrons. The average Bonchev–Trinajstić information content (AvgIpc) is 2.94. The lowest BCUT2D eigenvalue weighted by Gasteiger charge is -2.36. The Morgan fingerprint density at radius 1 is 1.17 bits per heavy atom.